The van der Waals surface area contributed by atoms with Gasteiger partial charge >= 0.3 is 15.2 Å². The van der Waals surface area contributed by atoms with Crippen molar-refractivity contribution in [3.8, 4) is 12.3 Å². The number of carbonyl (C=O) groups excluding carboxylic acids is 1. The van der Waals surface area contributed by atoms with Crippen LogP contribution in [0.3, 0.4) is 0 Å². The van der Waals surface area contributed by atoms with Gasteiger partial charge in [0.05, 0.1) is 0 Å². The van der Waals surface area contributed by atoms with Crippen LogP contribution in [0.5, 0.6) is 0 Å². The molecule has 0 saturated heterocycles. The molecule has 124 valence electrons. The van der Waals surface area contributed by atoms with Gasteiger partial charge < -0.3 is 35.5 Å². The summed E-state index contributed by atoms with van der Waals surface area (Å²) >= 11 is 0. The first-order valence-corrected chi connectivity index (χ1v) is 8.72. The molecule has 21 heavy (non-hydrogen) atoms. The maximum Gasteiger partial charge on any atom is 0.369 e. The third-order valence-corrected chi connectivity index (χ3v) is 6.32. The molecule has 0 aliphatic carbocycles. The summed E-state index contributed by atoms with van der Waals surface area (Å²) in [6.45, 7) is -0.105. The Kier molecular flexibility index (Phi) is 9.26. The number of amides is 1. The Labute approximate surface area is 121 Å². The number of carbonyl (C=O) groups is 1. The summed E-state index contributed by atoms with van der Waals surface area (Å²) in [5.41, 5.74) is 0. The van der Waals surface area contributed by atoms with Gasteiger partial charge in [-0.15, -0.1) is 12.3 Å². The smallest absolute Gasteiger partial charge is 0.369 e. The van der Waals surface area contributed by atoms with Crippen LogP contribution in [-0.4, -0.2) is 47.7 Å². The fraction of sp³-hybridized carbons (Fsp3) is 0.667. The summed E-state index contributed by atoms with van der Waals surface area (Å²) in [6, 6.07) is 0. The van der Waals surface area contributed by atoms with Crippen LogP contribution in [0.15, 0.2) is 0 Å². The van der Waals surface area contributed by atoms with E-state index in [0.29, 0.717) is 0 Å². The Balaban J connectivity index is 0. The molecule has 0 atom stereocenters. The standard InChI is InChI=1S/C9H17NO8P2.H2O/c1-2-3-5-8(11)10-7-4-6-9(12,19(13,14)15)20(16,17)18;/h1,12H,3-7H2,(H,10,11)(H2,13,14,15)(H2,16,17,18);1H2. The lowest BCUT2D eigenvalue weighted by Gasteiger charge is -2.29. The first kappa shape index (κ1) is 22.5. The van der Waals surface area contributed by atoms with Crippen molar-refractivity contribution in [2.75, 3.05) is 6.54 Å². The van der Waals surface area contributed by atoms with Crippen LogP contribution < -0.4 is 5.32 Å². The average molecular weight is 347 g/mol. The molecule has 0 unspecified atom stereocenters. The monoisotopic (exact) mass is 347 g/mol. The zero-order valence-electron chi connectivity index (χ0n) is 11.0. The lowest BCUT2D eigenvalue weighted by atomic mass is 10.3. The van der Waals surface area contributed by atoms with Gasteiger partial charge in [-0.3, -0.25) is 13.9 Å². The van der Waals surface area contributed by atoms with Gasteiger partial charge in [0, 0.05) is 25.8 Å². The van der Waals surface area contributed by atoms with Gasteiger partial charge in [0.15, 0.2) is 0 Å². The van der Waals surface area contributed by atoms with E-state index in [2.05, 4.69) is 11.2 Å². The van der Waals surface area contributed by atoms with E-state index in [1.165, 1.54) is 0 Å². The molecule has 12 heteroatoms. The van der Waals surface area contributed by atoms with Gasteiger partial charge in [-0.2, -0.15) is 0 Å². The summed E-state index contributed by atoms with van der Waals surface area (Å²) in [7, 11) is -10.9. The number of hydrogen-bond donors (Lipinski definition) is 6. The van der Waals surface area contributed by atoms with Crippen molar-refractivity contribution >= 4 is 21.1 Å². The van der Waals surface area contributed by atoms with Crippen molar-refractivity contribution in [3.63, 3.8) is 0 Å². The molecule has 1 amide bonds. The van der Waals surface area contributed by atoms with Crippen molar-refractivity contribution < 1.29 is 44.1 Å². The second-order valence-electron chi connectivity index (χ2n) is 4.02. The number of terminal acetylenes is 1. The highest BCUT2D eigenvalue weighted by Crippen LogP contribution is 2.69. The molecule has 0 aliphatic heterocycles. The van der Waals surface area contributed by atoms with E-state index in [4.69, 9.17) is 26.0 Å². The Hall–Kier alpha value is -0.750. The number of aliphatic hydroxyl groups is 1. The molecule has 0 rings (SSSR count). The molecule has 0 aromatic heterocycles. The van der Waals surface area contributed by atoms with Crippen LogP contribution in [-0.2, 0) is 13.9 Å². The second kappa shape index (κ2) is 8.63. The minimum atomic E-state index is -5.44. The van der Waals surface area contributed by atoms with Crippen LogP contribution in [0.4, 0.5) is 0 Å². The summed E-state index contributed by atoms with van der Waals surface area (Å²) in [6.07, 6.45) is 4.15. The van der Waals surface area contributed by atoms with E-state index in [1.807, 2.05) is 0 Å². The Morgan fingerprint density at radius 2 is 1.67 bits per heavy atom. The molecular weight excluding hydrogens is 328 g/mol. The van der Waals surface area contributed by atoms with Gasteiger partial charge in [-0.25, -0.2) is 0 Å². The molecule has 0 aromatic rings. The van der Waals surface area contributed by atoms with Gasteiger partial charge in [0.2, 0.25) is 5.91 Å². The summed E-state index contributed by atoms with van der Waals surface area (Å²) in [5.74, 6) is 1.84. The molecule has 0 saturated carbocycles. The SMILES string of the molecule is C#CCCC(=O)NCCCC(O)(P(=O)(O)O)P(=O)(O)O.O. The van der Waals surface area contributed by atoms with Crippen molar-refractivity contribution in [1.29, 1.82) is 0 Å². The zero-order valence-corrected chi connectivity index (χ0v) is 12.8. The quantitative estimate of drug-likeness (QED) is 0.173. The van der Waals surface area contributed by atoms with E-state index in [-0.39, 0.29) is 31.3 Å². The van der Waals surface area contributed by atoms with Gasteiger partial charge in [-0.05, 0) is 6.42 Å². The van der Waals surface area contributed by atoms with Crippen molar-refractivity contribution in [1.82, 2.24) is 5.32 Å². The lowest BCUT2D eigenvalue weighted by Crippen LogP contribution is -2.31. The van der Waals surface area contributed by atoms with E-state index in [0.717, 1.165) is 0 Å². The highest BCUT2D eigenvalue weighted by Gasteiger charge is 2.58. The van der Waals surface area contributed by atoms with Crippen LogP contribution >= 0.6 is 15.2 Å². The topological polar surface area (TPSA) is 196 Å². The molecule has 10 nitrogen and oxygen atoms in total. The van der Waals surface area contributed by atoms with E-state index in [9.17, 15) is 19.0 Å². The fourth-order valence-electron chi connectivity index (χ4n) is 1.29. The van der Waals surface area contributed by atoms with Crippen molar-refractivity contribution in [3.05, 3.63) is 0 Å². The lowest BCUT2D eigenvalue weighted by molar-refractivity contribution is -0.121. The molecule has 0 aliphatic rings. The summed E-state index contributed by atoms with van der Waals surface area (Å²) < 4.78 is 22.0. The van der Waals surface area contributed by atoms with Gasteiger partial charge in [0.1, 0.15) is 0 Å². The van der Waals surface area contributed by atoms with E-state index < -0.39 is 32.6 Å². The zero-order chi connectivity index (χ0) is 16.0. The van der Waals surface area contributed by atoms with Crippen molar-refractivity contribution in [2.24, 2.45) is 0 Å². The number of nitrogens with one attached hydrogen (secondary N) is 1. The summed E-state index contributed by atoms with van der Waals surface area (Å²) in [5, 5.41) is 8.43. The molecule has 0 heterocycles. The highest BCUT2D eigenvalue weighted by molar-refractivity contribution is 7.72. The predicted octanol–water partition coefficient (Wildman–Crippen LogP) is -1.53. The maximum absolute atomic E-state index is 11.1. The summed E-state index contributed by atoms with van der Waals surface area (Å²) in [4.78, 5) is 46.6. The molecular formula is C9H19NO9P2. The normalized spacial score (nSPS) is 12.2. The molecule has 0 bridgehead atoms. The third-order valence-electron chi connectivity index (χ3n) is 2.44. The molecule has 0 fully saturated rings. The Morgan fingerprint density at radius 1 is 1.19 bits per heavy atom. The van der Waals surface area contributed by atoms with Crippen LogP contribution in [0, 0.1) is 12.3 Å². The second-order valence-corrected chi connectivity index (χ2v) is 8.03. The van der Waals surface area contributed by atoms with Gasteiger partial charge in [-0.1, -0.05) is 0 Å². The highest BCUT2D eigenvalue weighted by atomic mass is 31.2. The molecule has 8 N–H and O–H groups in total. The molecule has 0 spiro atoms. The van der Waals surface area contributed by atoms with E-state index >= 15 is 0 Å². The third kappa shape index (κ3) is 6.70. The van der Waals surface area contributed by atoms with E-state index in [1.54, 1.807) is 0 Å². The van der Waals surface area contributed by atoms with Crippen LogP contribution in [0.1, 0.15) is 25.7 Å². The maximum atomic E-state index is 11.1. The largest absolute Gasteiger partial charge is 0.412 e. The van der Waals surface area contributed by atoms with Gasteiger partial charge in [0.25, 0.3) is 5.08 Å². The number of rotatable bonds is 8. The Bertz CT molecular complexity index is 452. The molecule has 0 radical (unpaired) electrons. The minimum absolute atomic E-state index is 0. The first-order chi connectivity index (χ1) is 8.95. The average Bonchev–Trinajstić information content (AvgIpc) is 2.28. The Morgan fingerprint density at radius 3 is 2.05 bits per heavy atom. The minimum Gasteiger partial charge on any atom is -0.412 e. The van der Waals surface area contributed by atoms with Crippen LogP contribution in [0.2, 0.25) is 0 Å². The fourth-order valence-corrected chi connectivity index (χ4v) is 3.54. The predicted molar refractivity (Wildman–Crippen MR) is 73.0 cm³/mol. The van der Waals surface area contributed by atoms with Crippen molar-refractivity contribution in [2.45, 2.75) is 30.8 Å². The first-order valence-electron chi connectivity index (χ1n) is 5.49. The molecule has 0 aromatic carbocycles. The van der Waals surface area contributed by atoms with Crippen LogP contribution in [0.25, 0.3) is 0 Å². The number of hydrogen-bond acceptors (Lipinski definition) is 4.